The van der Waals surface area contributed by atoms with Crippen molar-refractivity contribution in [3.8, 4) is 0 Å². The predicted octanol–water partition coefficient (Wildman–Crippen LogP) is 4.56. The Morgan fingerprint density at radius 2 is 1.50 bits per heavy atom. The maximum absolute atomic E-state index is 14.3. The Balaban J connectivity index is 2.58. The number of carbonyl (C=O) groups is 4. The van der Waals surface area contributed by atoms with Crippen LogP contribution < -0.4 is 10.6 Å². The zero-order chi connectivity index (χ0) is 33.2. The van der Waals surface area contributed by atoms with Crippen LogP contribution in [0.25, 0.3) is 6.08 Å². The summed E-state index contributed by atoms with van der Waals surface area (Å²) in [4.78, 5) is 55.4. The Morgan fingerprint density at radius 1 is 0.886 bits per heavy atom. The van der Waals surface area contributed by atoms with E-state index in [4.69, 9.17) is 9.47 Å². The first-order valence-corrected chi connectivity index (χ1v) is 14.7. The Bertz CT molecular complexity index is 1300. The highest BCUT2D eigenvalue weighted by molar-refractivity contribution is 5.94. The number of aliphatic hydroxyl groups excluding tert-OH is 1. The first kappa shape index (κ1) is 36.0. The molecule has 0 bridgehead atoms. The van der Waals surface area contributed by atoms with Crippen LogP contribution in [0.1, 0.15) is 78.1 Å². The molecule has 2 aromatic rings. The van der Waals surface area contributed by atoms with E-state index >= 15 is 0 Å². The molecule has 44 heavy (non-hydrogen) atoms. The summed E-state index contributed by atoms with van der Waals surface area (Å²) in [5.74, 6) is -1.99. The molecule has 0 aliphatic carbocycles. The molecule has 0 heterocycles. The number of alkyl carbamates (subject to hydrolysis) is 1. The smallest absolute Gasteiger partial charge is 0.408 e. The molecule has 0 aliphatic heterocycles. The van der Waals surface area contributed by atoms with E-state index in [0.717, 1.165) is 5.56 Å². The lowest BCUT2D eigenvalue weighted by Crippen LogP contribution is -2.57. The van der Waals surface area contributed by atoms with E-state index in [-0.39, 0.29) is 6.42 Å². The van der Waals surface area contributed by atoms with Gasteiger partial charge < -0.3 is 30.1 Å². The zero-order valence-corrected chi connectivity index (χ0v) is 27.0. The van der Waals surface area contributed by atoms with Crippen molar-refractivity contribution < 1.29 is 33.8 Å². The zero-order valence-electron chi connectivity index (χ0n) is 27.0. The Hall–Kier alpha value is -4.18. The summed E-state index contributed by atoms with van der Waals surface area (Å²) in [5.41, 5.74) is 0.297. The summed E-state index contributed by atoms with van der Waals surface area (Å²) in [5, 5.41) is 15.4. The van der Waals surface area contributed by atoms with Gasteiger partial charge in [-0.25, -0.2) is 9.59 Å². The van der Waals surface area contributed by atoms with Crippen LogP contribution in [0.2, 0.25) is 0 Å². The van der Waals surface area contributed by atoms with Gasteiger partial charge in [-0.2, -0.15) is 0 Å². The first-order chi connectivity index (χ1) is 20.5. The summed E-state index contributed by atoms with van der Waals surface area (Å²) in [6, 6.07) is 11.8. The van der Waals surface area contributed by atoms with Crippen LogP contribution in [-0.4, -0.2) is 69.8 Å². The molecular weight excluding hydrogens is 562 g/mol. The van der Waals surface area contributed by atoms with Gasteiger partial charge in [-0.15, -0.1) is 0 Å². The van der Waals surface area contributed by atoms with E-state index in [9.17, 15) is 24.3 Å². The maximum atomic E-state index is 14.3. The number of aliphatic hydroxyl groups is 1. The molecule has 0 aromatic heterocycles. The van der Waals surface area contributed by atoms with E-state index in [0.29, 0.717) is 11.1 Å². The molecular formula is C34H47N3O7. The number of carbonyl (C=O) groups excluding carboxylic acids is 4. The van der Waals surface area contributed by atoms with Crippen molar-refractivity contribution >= 4 is 30.0 Å². The van der Waals surface area contributed by atoms with Crippen molar-refractivity contribution in [2.75, 3.05) is 6.61 Å². The second-order valence-electron chi connectivity index (χ2n) is 12.8. The van der Waals surface area contributed by atoms with Crippen molar-refractivity contribution in [1.82, 2.24) is 15.5 Å². The lowest BCUT2D eigenvalue weighted by atomic mass is 9.98. The molecule has 0 aliphatic rings. The number of hydrogen-bond donors (Lipinski definition) is 3. The maximum Gasteiger partial charge on any atom is 0.408 e. The summed E-state index contributed by atoms with van der Waals surface area (Å²) in [6.45, 7) is 16.7. The molecule has 0 saturated heterocycles. The SMILES string of the molecule is C=Cc1cccc(C(C(=O)NC(Cc2ccccc2)C(=O)OC(C)(C)C)N(C(=O)C(CO)NC(=O)OC(C)(C)C)C(C)C)c1. The average Bonchev–Trinajstić information content (AvgIpc) is 2.92. The number of rotatable bonds is 12. The average molecular weight is 610 g/mol. The molecule has 2 aromatic carbocycles. The topological polar surface area (TPSA) is 134 Å². The molecule has 0 fully saturated rings. The molecule has 2 rings (SSSR count). The predicted molar refractivity (Wildman–Crippen MR) is 169 cm³/mol. The second-order valence-corrected chi connectivity index (χ2v) is 12.8. The number of benzene rings is 2. The molecule has 3 amide bonds. The van der Waals surface area contributed by atoms with Crippen LogP contribution in [0.3, 0.4) is 0 Å². The molecule has 0 radical (unpaired) electrons. The lowest BCUT2D eigenvalue weighted by molar-refractivity contribution is -0.159. The van der Waals surface area contributed by atoms with Crippen molar-refractivity contribution in [3.05, 3.63) is 77.9 Å². The van der Waals surface area contributed by atoms with Gasteiger partial charge in [0.1, 0.15) is 29.3 Å². The first-order valence-electron chi connectivity index (χ1n) is 14.7. The van der Waals surface area contributed by atoms with Gasteiger partial charge in [0.2, 0.25) is 11.8 Å². The van der Waals surface area contributed by atoms with Crippen molar-refractivity contribution in [2.45, 2.75) is 97.2 Å². The normalized spacial score (nSPS) is 13.7. The highest BCUT2D eigenvalue weighted by Crippen LogP contribution is 2.27. The number of nitrogens with zero attached hydrogens (tertiary/aromatic N) is 1. The minimum Gasteiger partial charge on any atom is -0.458 e. The third-order valence-electron chi connectivity index (χ3n) is 6.26. The Morgan fingerprint density at radius 3 is 2.02 bits per heavy atom. The minimum absolute atomic E-state index is 0.149. The van der Waals surface area contributed by atoms with Gasteiger partial charge in [0.15, 0.2) is 0 Å². The van der Waals surface area contributed by atoms with Crippen LogP contribution in [0.5, 0.6) is 0 Å². The highest BCUT2D eigenvalue weighted by Gasteiger charge is 2.39. The van der Waals surface area contributed by atoms with E-state index in [1.54, 1.807) is 85.7 Å². The lowest BCUT2D eigenvalue weighted by Gasteiger charge is -2.37. The third-order valence-corrected chi connectivity index (χ3v) is 6.26. The molecule has 3 N–H and O–H groups in total. The highest BCUT2D eigenvalue weighted by atomic mass is 16.6. The Labute approximate surface area is 260 Å². The van der Waals surface area contributed by atoms with Crippen LogP contribution >= 0.6 is 0 Å². The van der Waals surface area contributed by atoms with Gasteiger partial charge in [-0.1, -0.05) is 61.2 Å². The van der Waals surface area contributed by atoms with Crippen LogP contribution in [0, 0.1) is 0 Å². The van der Waals surface area contributed by atoms with Crippen molar-refractivity contribution in [1.29, 1.82) is 0 Å². The van der Waals surface area contributed by atoms with Gasteiger partial charge in [0.05, 0.1) is 6.61 Å². The van der Waals surface area contributed by atoms with Gasteiger partial charge in [-0.05, 0) is 78.1 Å². The van der Waals surface area contributed by atoms with Crippen LogP contribution in [0.15, 0.2) is 61.2 Å². The molecule has 240 valence electrons. The molecule has 10 nitrogen and oxygen atoms in total. The van der Waals surface area contributed by atoms with E-state index in [1.807, 2.05) is 30.3 Å². The fraction of sp³-hybridized carbons (Fsp3) is 0.471. The summed E-state index contributed by atoms with van der Waals surface area (Å²) in [6.07, 6.45) is 0.867. The summed E-state index contributed by atoms with van der Waals surface area (Å²) in [7, 11) is 0. The minimum atomic E-state index is -1.41. The quantitative estimate of drug-likeness (QED) is 0.300. The van der Waals surface area contributed by atoms with E-state index in [2.05, 4.69) is 17.2 Å². The second kappa shape index (κ2) is 15.5. The van der Waals surface area contributed by atoms with Crippen LogP contribution in [0.4, 0.5) is 4.79 Å². The largest absolute Gasteiger partial charge is 0.458 e. The van der Waals surface area contributed by atoms with Crippen molar-refractivity contribution in [3.63, 3.8) is 0 Å². The molecule has 3 unspecified atom stereocenters. The fourth-order valence-electron chi connectivity index (χ4n) is 4.46. The number of nitrogens with one attached hydrogen (secondary N) is 2. The fourth-order valence-corrected chi connectivity index (χ4v) is 4.46. The monoisotopic (exact) mass is 609 g/mol. The standard InChI is InChI=1S/C34H47N3O7/c1-10-23-17-14-18-25(19-23)28(37(22(2)3)30(40)27(21-38)36-32(42)44-34(7,8)9)29(39)35-26(31(41)43-33(4,5)6)20-24-15-12-11-13-16-24/h10-19,22,26-28,38H,1,20-21H2,2-9H3,(H,35,39)(H,36,42). The molecule has 3 atom stereocenters. The number of esters is 1. The number of hydrogen-bond acceptors (Lipinski definition) is 7. The van der Waals surface area contributed by atoms with Gasteiger partial charge in [0, 0.05) is 12.5 Å². The number of amides is 3. The van der Waals surface area contributed by atoms with Gasteiger partial charge in [-0.3, -0.25) is 9.59 Å². The van der Waals surface area contributed by atoms with Gasteiger partial charge in [0.25, 0.3) is 0 Å². The molecule has 10 heteroatoms. The summed E-state index contributed by atoms with van der Waals surface area (Å²) >= 11 is 0. The van der Waals surface area contributed by atoms with Crippen LogP contribution in [-0.2, 0) is 30.3 Å². The van der Waals surface area contributed by atoms with E-state index < -0.39 is 65.9 Å². The van der Waals surface area contributed by atoms with E-state index in [1.165, 1.54) is 4.90 Å². The third kappa shape index (κ3) is 11.1. The van der Waals surface area contributed by atoms with Crippen molar-refractivity contribution in [2.24, 2.45) is 0 Å². The summed E-state index contributed by atoms with van der Waals surface area (Å²) < 4.78 is 10.9. The molecule has 0 saturated carbocycles. The van der Waals surface area contributed by atoms with Gasteiger partial charge >= 0.3 is 12.1 Å². The number of ether oxygens (including phenoxy) is 2. The Kier molecular flexibility index (Phi) is 12.7. The molecule has 0 spiro atoms.